The lowest BCUT2D eigenvalue weighted by molar-refractivity contribution is 0.368. The van der Waals surface area contributed by atoms with Gasteiger partial charge >= 0.3 is 0 Å². The fourth-order valence-corrected chi connectivity index (χ4v) is 5.77. The van der Waals surface area contributed by atoms with Gasteiger partial charge < -0.3 is 0 Å². The van der Waals surface area contributed by atoms with Crippen LogP contribution >= 0.6 is 0 Å². The molecule has 0 bridgehead atoms. The maximum absolute atomic E-state index is 2.51. The molecule has 0 nitrogen and oxygen atoms in total. The molecule has 4 atom stereocenters. The molecule has 35 heavy (non-hydrogen) atoms. The van der Waals surface area contributed by atoms with Crippen molar-refractivity contribution in [2.45, 2.75) is 202 Å². The third-order valence-corrected chi connectivity index (χ3v) is 8.93. The first-order valence-corrected chi connectivity index (χ1v) is 17.0. The Balaban J connectivity index is 3.38. The molecule has 0 saturated heterocycles. The summed E-state index contributed by atoms with van der Waals surface area (Å²) in [5.74, 6) is 3.76. The van der Waals surface area contributed by atoms with E-state index in [1.165, 1.54) is 161 Å². The minimum atomic E-state index is 0.930. The van der Waals surface area contributed by atoms with Crippen LogP contribution in [0.15, 0.2) is 0 Å². The molecular formula is C35H72. The lowest BCUT2D eigenvalue weighted by atomic mass is 9.90. The maximum Gasteiger partial charge on any atom is -0.0443 e. The van der Waals surface area contributed by atoms with Crippen molar-refractivity contribution in [2.24, 2.45) is 23.7 Å². The Morgan fingerprint density at radius 2 is 0.543 bits per heavy atom. The van der Waals surface area contributed by atoms with Crippen LogP contribution in [0.2, 0.25) is 0 Å². The van der Waals surface area contributed by atoms with Crippen LogP contribution in [0.4, 0.5) is 0 Å². The summed E-state index contributed by atoms with van der Waals surface area (Å²) in [5, 5.41) is 0. The van der Waals surface area contributed by atoms with Gasteiger partial charge in [0.25, 0.3) is 0 Å². The minimum Gasteiger partial charge on any atom is -0.0654 e. The predicted molar refractivity (Wildman–Crippen MR) is 163 cm³/mol. The SMILES string of the molecule is CCCCCCCCCCCCCCCCC(C)CCCC(C)CCCC(C)CCCC(C)CC. The zero-order valence-corrected chi connectivity index (χ0v) is 26.0. The predicted octanol–water partition coefficient (Wildman–Crippen LogP) is 13.3. The normalized spacial score (nSPS) is 15.3. The molecule has 0 aromatic heterocycles. The van der Waals surface area contributed by atoms with Gasteiger partial charge in [-0.05, 0) is 23.7 Å². The van der Waals surface area contributed by atoms with E-state index in [4.69, 9.17) is 0 Å². The average Bonchev–Trinajstić information content (AvgIpc) is 2.84. The molecule has 4 unspecified atom stereocenters. The molecule has 0 rings (SSSR count). The fourth-order valence-electron chi connectivity index (χ4n) is 5.77. The van der Waals surface area contributed by atoms with Crippen LogP contribution in [-0.2, 0) is 0 Å². The Kier molecular flexibility index (Phi) is 27.0. The number of hydrogen-bond donors (Lipinski definition) is 0. The van der Waals surface area contributed by atoms with Gasteiger partial charge in [0.2, 0.25) is 0 Å². The van der Waals surface area contributed by atoms with Crippen LogP contribution in [0.3, 0.4) is 0 Å². The Hall–Kier alpha value is 0. The van der Waals surface area contributed by atoms with E-state index in [1.807, 2.05) is 0 Å². The van der Waals surface area contributed by atoms with Crippen molar-refractivity contribution in [1.29, 1.82) is 0 Å². The van der Waals surface area contributed by atoms with Crippen molar-refractivity contribution in [3.63, 3.8) is 0 Å². The van der Waals surface area contributed by atoms with Gasteiger partial charge in [-0.25, -0.2) is 0 Å². The van der Waals surface area contributed by atoms with Crippen molar-refractivity contribution in [2.75, 3.05) is 0 Å². The van der Waals surface area contributed by atoms with Crippen molar-refractivity contribution in [3.05, 3.63) is 0 Å². The lowest BCUT2D eigenvalue weighted by Gasteiger charge is -2.16. The third-order valence-electron chi connectivity index (χ3n) is 8.93. The molecule has 0 fully saturated rings. The van der Waals surface area contributed by atoms with Gasteiger partial charge in [0, 0.05) is 0 Å². The summed E-state index contributed by atoms with van der Waals surface area (Å²) < 4.78 is 0. The van der Waals surface area contributed by atoms with E-state index in [-0.39, 0.29) is 0 Å². The van der Waals surface area contributed by atoms with Crippen molar-refractivity contribution in [1.82, 2.24) is 0 Å². The maximum atomic E-state index is 2.51. The van der Waals surface area contributed by atoms with E-state index in [1.54, 1.807) is 0 Å². The highest BCUT2D eigenvalue weighted by Crippen LogP contribution is 2.24. The standard InChI is InChI=1S/C35H72/c1-7-9-10-11-12-13-14-15-16-17-18-19-20-21-25-33(4)28-23-29-35(6)31-24-30-34(5)27-22-26-32(3)8-2/h32-35H,7-31H2,1-6H3. The summed E-state index contributed by atoms with van der Waals surface area (Å²) >= 11 is 0. The highest BCUT2D eigenvalue weighted by molar-refractivity contribution is 4.62. The van der Waals surface area contributed by atoms with Crippen LogP contribution in [-0.4, -0.2) is 0 Å². The molecule has 0 N–H and O–H groups in total. The van der Waals surface area contributed by atoms with Crippen LogP contribution in [0.25, 0.3) is 0 Å². The van der Waals surface area contributed by atoms with Gasteiger partial charge in [-0.2, -0.15) is 0 Å². The molecule has 0 aromatic carbocycles. The summed E-state index contributed by atoms with van der Waals surface area (Å²) in [5.41, 5.74) is 0. The molecule has 0 spiro atoms. The van der Waals surface area contributed by atoms with Gasteiger partial charge in [-0.3, -0.25) is 0 Å². The summed E-state index contributed by atoms with van der Waals surface area (Å²) in [7, 11) is 0. The van der Waals surface area contributed by atoms with Gasteiger partial charge in [0.15, 0.2) is 0 Å². The molecule has 0 aromatic rings. The van der Waals surface area contributed by atoms with Gasteiger partial charge in [0.1, 0.15) is 0 Å². The first kappa shape index (κ1) is 35.0. The third kappa shape index (κ3) is 26.9. The molecule has 0 amide bonds. The van der Waals surface area contributed by atoms with Crippen LogP contribution in [0, 0.1) is 23.7 Å². The topological polar surface area (TPSA) is 0 Å². The fraction of sp³-hybridized carbons (Fsp3) is 1.00. The van der Waals surface area contributed by atoms with E-state index < -0.39 is 0 Å². The quantitative estimate of drug-likeness (QED) is 0.0952. The Morgan fingerprint density at radius 3 is 0.857 bits per heavy atom. The van der Waals surface area contributed by atoms with Crippen molar-refractivity contribution in [3.8, 4) is 0 Å². The Bertz CT molecular complexity index is 385. The molecule has 0 radical (unpaired) electrons. The lowest BCUT2D eigenvalue weighted by Crippen LogP contribution is -2.02. The zero-order chi connectivity index (χ0) is 26.0. The first-order valence-electron chi connectivity index (χ1n) is 17.0. The van der Waals surface area contributed by atoms with Crippen LogP contribution in [0.1, 0.15) is 202 Å². The highest BCUT2D eigenvalue weighted by atomic mass is 14.1. The second-order valence-corrected chi connectivity index (χ2v) is 13.0. The average molecular weight is 493 g/mol. The summed E-state index contributed by atoms with van der Waals surface area (Å²) in [6, 6.07) is 0. The van der Waals surface area contributed by atoms with Crippen molar-refractivity contribution >= 4 is 0 Å². The van der Waals surface area contributed by atoms with E-state index in [0.717, 1.165) is 23.7 Å². The summed E-state index contributed by atoms with van der Waals surface area (Å²) in [6.07, 6.45) is 36.5. The van der Waals surface area contributed by atoms with Gasteiger partial charge in [0.05, 0.1) is 0 Å². The zero-order valence-electron chi connectivity index (χ0n) is 26.0. The Labute approximate surface area is 225 Å². The molecule has 0 aliphatic carbocycles. The van der Waals surface area contributed by atoms with E-state index in [2.05, 4.69) is 41.5 Å². The summed E-state index contributed by atoms with van der Waals surface area (Å²) in [6.45, 7) is 14.5. The second-order valence-electron chi connectivity index (χ2n) is 13.0. The van der Waals surface area contributed by atoms with Crippen LogP contribution < -0.4 is 0 Å². The van der Waals surface area contributed by atoms with Crippen LogP contribution in [0.5, 0.6) is 0 Å². The number of hydrogen-bond acceptors (Lipinski definition) is 0. The molecule has 0 heteroatoms. The van der Waals surface area contributed by atoms with Crippen molar-refractivity contribution < 1.29 is 0 Å². The smallest absolute Gasteiger partial charge is 0.0443 e. The molecular weight excluding hydrogens is 420 g/mol. The highest BCUT2D eigenvalue weighted by Gasteiger charge is 2.08. The number of rotatable bonds is 28. The second kappa shape index (κ2) is 27.0. The monoisotopic (exact) mass is 493 g/mol. The first-order chi connectivity index (χ1) is 17.0. The number of unbranched alkanes of at least 4 members (excludes halogenated alkanes) is 13. The van der Waals surface area contributed by atoms with Gasteiger partial charge in [-0.1, -0.05) is 202 Å². The molecule has 0 aliphatic heterocycles. The van der Waals surface area contributed by atoms with E-state index in [0.29, 0.717) is 0 Å². The minimum absolute atomic E-state index is 0.930. The Morgan fingerprint density at radius 1 is 0.286 bits per heavy atom. The van der Waals surface area contributed by atoms with E-state index in [9.17, 15) is 0 Å². The van der Waals surface area contributed by atoms with E-state index >= 15 is 0 Å². The van der Waals surface area contributed by atoms with Gasteiger partial charge in [-0.15, -0.1) is 0 Å². The molecule has 0 saturated carbocycles. The largest absolute Gasteiger partial charge is 0.0654 e. The molecule has 0 heterocycles. The molecule has 212 valence electrons. The summed E-state index contributed by atoms with van der Waals surface area (Å²) in [4.78, 5) is 0. The molecule has 0 aliphatic rings.